The van der Waals surface area contributed by atoms with Gasteiger partial charge in [0.05, 0.1) is 13.7 Å². The van der Waals surface area contributed by atoms with Gasteiger partial charge in [-0.25, -0.2) is 4.39 Å². The first-order valence-corrected chi connectivity index (χ1v) is 4.49. The number of hydrogen-bond acceptors (Lipinski definition) is 4. The Morgan fingerprint density at radius 2 is 2.20 bits per heavy atom. The fraction of sp³-hybridized carbons (Fsp3) is 0.333. The van der Waals surface area contributed by atoms with Gasteiger partial charge in [0.15, 0.2) is 11.6 Å². The van der Waals surface area contributed by atoms with Crippen molar-refractivity contribution in [1.82, 2.24) is 5.06 Å². The second-order valence-corrected chi connectivity index (χ2v) is 3.41. The fourth-order valence-corrected chi connectivity index (χ4v) is 1.48. The lowest BCUT2D eigenvalue weighted by atomic mass is 10.2. The van der Waals surface area contributed by atoms with Crippen LogP contribution in [-0.2, 0) is 6.54 Å². The number of ether oxygens (including phenoxy) is 1. The molecule has 0 aliphatic rings. The molecule has 0 amide bonds. The molecule has 6 heteroatoms. The minimum absolute atomic E-state index is 0.0353. The van der Waals surface area contributed by atoms with E-state index in [2.05, 4.69) is 4.74 Å². The molecule has 0 aliphatic heterocycles. The largest absolute Gasteiger partial charge is 0.506 e. The summed E-state index contributed by atoms with van der Waals surface area (Å²) in [5.74, 6) is -1.19. The number of halogens is 2. The monoisotopic (exact) mass is 235 g/mol. The molecule has 0 atom stereocenters. The van der Waals surface area contributed by atoms with Crippen molar-refractivity contribution in [3.05, 3.63) is 22.5 Å². The molecule has 1 aromatic rings. The lowest BCUT2D eigenvalue weighted by Gasteiger charge is -2.13. The van der Waals surface area contributed by atoms with Gasteiger partial charge in [-0.3, -0.25) is 0 Å². The van der Waals surface area contributed by atoms with Gasteiger partial charge in [-0.05, 0) is 6.07 Å². The molecule has 1 rings (SSSR count). The Balaban J connectivity index is 3.21. The molecule has 0 saturated carbocycles. The van der Waals surface area contributed by atoms with Crippen LogP contribution in [-0.4, -0.2) is 29.5 Å². The van der Waals surface area contributed by atoms with E-state index in [1.807, 2.05) is 0 Å². The molecule has 0 unspecified atom stereocenters. The SMILES string of the molecule is COc1c(F)cc(CN(C)O)c(O)c1Cl. The molecule has 15 heavy (non-hydrogen) atoms. The van der Waals surface area contributed by atoms with E-state index in [0.29, 0.717) is 0 Å². The maximum absolute atomic E-state index is 13.3. The zero-order chi connectivity index (χ0) is 11.6. The number of methoxy groups -OCH3 is 1. The van der Waals surface area contributed by atoms with Crippen molar-refractivity contribution in [2.75, 3.05) is 14.2 Å². The topological polar surface area (TPSA) is 52.9 Å². The van der Waals surface area contributed by atoms with Crippen LogP contribution in [0.5, 0.6) is 11.5 Å². The Hall–Kier alpha value is -1.04. The molecule has 84 valence electrons. The van der Waals surface area contributed by atoms with E-state index in [-0.39, 0.29) is 28.6 Å². The summed E-state index contributed by atoms with van der Waals surface area (Å²) in [6, 6.07) is 1.06. The van der Waals surface area contributed by atoms with Gasteiger partial charge < -0.3 is 15.1 Å². The van der Waals surface area contributed by atoms with E-state index in [1.54, 1.807) is 0 Å². The van der Waals surface area contributed by atoms with Gasteiger partial charge in [-0.2, -0.15) is 5.06 Å². The molecule has 2 N–H and O–H groups in total. The standard InChI is InChI=1S/C9H11ClFNO3/c1-12(14)4-5-3-6(11)9(15-2)7(10)8(5)13/h3,13-14H,4H2,1-2H3. The fourth-order valence-electron chi connectivity index (χ4n) is 1.19. The Morgan fingerprint density at radius 3 is 2.67 bits per heavy atom. The molecular formula is C9H11ClFNO3. The average Bonchev–Trinajstić information content (AvgIpc) is 2.14. The van der Waals surface area contributed by atoms with Crippen LogP contribution in [0.25, 0.3) is 0 Å². The summed E-state index contributed by atoms with van der Waals surface area (Å²) in [6.45, 7) is -0.0353. The van der Waals surface area contributed by atoms with Crippen molar-refractivity contribution in [2.45, 2.75) is 6.54 Å². The van der Waals surface area contributed by atoms with Crippen LogP contribution in [0.2, 0.25) is 5.02 Å². The van der Waals surface area contributed by atoms with Crippen LogP contribution in [0.3, 0.4) is 0 Å². The van der Waals surface area contributed by atoms with Crippen molar-refractivity contribution in [3.63, 3.8) is 0 Å². The van der Waals surface area contributed by atoms with E-state index in [9.17, 15) is 9.50 Å². The van der Waals surface area contributed by atoms with Crippen LogP contribution in [0, 0.1) is 5.82 Å². The number of benzene rings is 1. The molecule has 0 radical (unpaired) electrons. The van der Waals surface area contributed by atoms with E-state index >= 15 is 0 Å². The van der Waals surface area contributed by atoms with Gasteiger partial charge in [-0.15, -0.1) is 0 Å². The van der Waals surface area contributed by atoms with Crippen molar-refractivity contribution >= 4 is 11.6 Å². The number of hydroxylamine groups is 2. The highest BCUT2D eigenvalue weighted by molar-refractivity contribution is 6.33. The number of phenolic OH excluding ortho intramolecular Hbond substituents is 1. The van der Waals surface area contributed by atoms with E-state index in [0.717, 1.165) is 11.1 Å². The third kappa shape index (κ3) is 2.50. The summed E-state index contributed by atoms with van der Waals surface area (Å²) in [5, 5.41) is 19.1. The summed E-state index contributed by atoms with van der Waals surface area (Å²) in [6.07, 6.45) is 0. The summed E-state index contributed by atoms with van der Waals surface area (Å²) in [4.78, 5) is 0. The maximum atomic E-state index is 13.3. The summed E-state index contributed by atoms with van der Waals surface area (Å²) in [5.41, 5.74) is 0.184. The lowest BCUT2D eigenvalue weighted by molar-refractivity contribution is -0.0736. The predicted molar refractivity (Wildman–Crippen MR) is 52.9 cm³/mol. The summed E-state index contributed by atoms with van der Waals surface area (Å²) >= 11 is 5.67. The van der Waals surface area contributed by atoms with Gasteiger partial charge in [0.2, 0.25) is 0 Å². The molecule has 0 heterocycles. The number of nitrogens with zero attached hydrogens (tertiary/aromatic N) is 1. The van der Waals surface area contributed by atoms with Crippen LogP contribution >= 0.6 is 11.6 Å². The molecule has 0 spiro atoms. The molecule has 4 nitrogen and oxygen atoms in total. The maximum Gasteiger partial charge on any atom is 0.176 e. The first-order valence-electron chi connectivity index (χ1n) is 4.11. The van der Waals surface area contributed by atoms with E-state index in [4.69, 9.17) is 16.8 Å². The molecule has 0 aliphatic carbocycles. The Labute approximate surface area is 91.4 Å². The van der Waals surface area contributed by atoms with Crippen molar-refractivity contribution in [1.29, 1.82) is 0 Å². The van der Waals surface area contributed by atoms with Crippen LogP contribution < -0.4 is 4.74 Å². The number of phenols is 1. The lowest BCUT2D eigenvalue weighted by Crippen LogP contribution is -2.12. The molecule has 0 aromatic heterocycles. The van der Waals surface area contributed by atoms with Crippen LogP contribution in [0.15, 0.2) is 6.07 Å². The summed E-state index contributed by atoms with van der Waals surface area (Å²) < 4.78 is 18.0. The normalized spacial score (nSPS) is 10.8. The highest BCUT2D eigenvalue weighted by Crippen LogP contribution is 2.38. The third-order valence-corrected chi connectivity index (χ3v) is 2.18. The zero-order valence-electron chi connectivity index (χ0n) is 8.29. The van der Waals surface area contributed by atoms with Gasteiger partial charge >= 0.3 is 0 Å². The van der Waals surface area contributed by atoms with Gasteiger partial charge in [-0.1, -0.05) is 11.6 Å². The molecule has 0 saturated heterocycles. The second-order valence-electron chi connectivity index (χ2n) is 3.03. The first kappa shape index (κ1) is 12.0. The van der Waals surface area contributed by atoms with Crippen molar-refractivity contribution in [2.24, 2.45) is 0 Å². The van der Waals surface area contributed by atoms with Gasteiger partial charge in [0.1, 0.15) is 10.8 Å². The summed E-state index contributed by atoms with van der Waals surface area (Å²) in [7, 11) is 2.62. The van der Waals surface area contributed by atoms with Gasteiger partial charge in [0, 0.05) is 12.6 Å². The molecule has 1 aromatic carbocycles. The molecular weight excluding hydrogens is 225 g/mol. The van der Waals surface area contributed by atoms with E-state index < -0.39 is 5.82 Å². The highest BCUT2D eigenvalue weighted by atomic mass is 35.5. The van der Waals surface area contributed by atoms with Crippen LogP contribution in [0.1, 0.15) is 5.56 Å². The Bertz CT molecular complexity index is 371. The molecule has 0 fully saturated rings. The second kappa shape index (κ2) is 4.65. The third-order valence-electron chi connectivity index (χ3n) is 1.83. The minimum Gasteiger partial charge on any atom is -0.506 e. The minimum atomic E-state index is -0.683. The number of aromatic hydroxyl groups is 1. The first-order chi connectivity index (χ1) is 6.97. The van der Waals surface area contributed by atoms with E-state index in [1.165, 1.54) is 14.2 Å². The zero-order valence-corrected chi connectivity index (χ0v) is 9.05. The Morgan fingerprint density at radius 1 is 1.60 bits per heavy atom. The average molecular weight is 236 g/mol. The van der Waals surface area contributed by atoms with Crippen molar-refractivity contribution < 1.29 is 19.4 Å². The van der Waals surface area contributed by atoms with Crippen LogP contribution in [0.4, 0.5) is 4.39 Å². The number of hydrogen-bond donors (Lipinski definition) is 2. The Kier molecular flexibility index (Phi) is 3.73. The smallest absolute Gasteiger partial charge is 0.176 e. The quantitative estimate of drug-likeness (QED) is 0.787. The van der Waals surface area contributed by atoms with Crippen molar-refractivity contribution in [3.8, 4) is 11.5 Å². The highest BCUT2D eigenvalue weighted by Gasteiger charge is 2.17. The number of rotatable bonds is 3. The van der Waals surface area contributed by atoms with Gasteiger partial charge in [0.25, 0.3) is 0 Å². The molecule has 0 bridgehead atoms. The predicted octanol–water partition coefficient (Wildman–Crippen LogP) is 2.01.